The molecule has 2 atom stereocenters. The molecule has 2 aliphatic heterocycles. The van der Waals surface area contributed by atoms with Crippen LogP contribution >= 0.6 is 0 Å². The lowest BCUT2D eigenvalue weighted by molar-refractivity contribution is -0.137. The maximum Gasteiger partial charge on any atom is 0.328 e. The summed E-state index contributed by atoms with van der Waals surface area (Å²) in [5.74, 6) is -0.122. The van der Waals surface area contributed by atoms with Gasteiger partial charge in [-0.25, -0.2) is 9.69 Å². The Morgan fingerprint density at radius 2 is 1.91 bits per heavy atom. The van der Waals surface area contributed by atoms with Crippen molar-refractivity contribution in [3.8, 4) is 5.75 Å². The van der Waals surface area contributed by atoms with Crippen molar-refractivity contribution in [1.82, 2.24) is 14.8 Å². The highest BCUT2D eigenvalue weighted by atomic mass is 16.5. The van der Waals surface area contributed by atoms with Gasteiger partial charge in [0.1, 0.15) is 11.8 Å². The number of H-pyrrole nitrogens is 1. The molecule has 4 amide bonds. The van der Waals surface area contributed by atoms with Crippen LogP contribution in [0, 0.1) is 0 Å². The largest absolute Gasteiger partial charge is 0.494 e. The van der Waals surface area contributed by atoms with E-state index in [1.807, 2.05) is 31.2 Å². The first kappa shape index (κ1) is 21.1. The monoisotopic (exact) mass is 446 g/mol. The molecule has 170 valence electrons. The van der Waals surface area contributed by atoms with Crippen LogP contribution in [0.15, 0.2) is 48.5 Å². The van der Waals surface area contributed by atoms with Crippen LogP contribution in [-0.2, 0) is 21.5 Å². The number of para-hydroxylation sites is 1. The summed E-state index contributed by atoms with van der Waals surface area (Å²) in [6.45, 7) is 6.20. The Labute approximate surface area is 191 Å². The predicted molar refractivity (Wildman–Crippen MR) is 124 cm³/mol. The van der Waals surface area contributed by atoms with Gasteiger partial charge in [0.2, 0.25) is 5.91 Å². The van der Waals surface area contributed by atoms with Gasteiger partial charge in [-0.2, -0.15) is 0 Å². The predicted octanol–water partition coefficient (Wildman–Crippen LogP) is 3.63. The molecule has 33 heavy (non-hydrogen) atoms. The minimum atomic E-state index is -1.17. The van der Waals surface area contributed by atoms with E-state index in [2.05, 4.69) is 10.3 Å². The molecule has 0 bridgehead atoms. The van der Waals surface area contributed by atoms with Crippen LogP contribution < -0.4 is 10.1 Å². The summed E-state index contributed by atoms with van der Waals surface area (Å²) >= 11 is 0. The number of nitrogens with one attached hydrogen (secondary N) is 2. The second kappa shape index (κ2) is 7.65. The number of ether oxygens (including phenoxy) is 1. The highest BCUT2D eigenvalue weighted by molar-refractivity contribution is 6.12. The Bertz CT molecular complexity index is 1270. The Hall–Kier alpha value is -3.81. The highest BCUT2D eigenvalue weighted by Gasteiger charge is 2.60. The third-order valence-corrected chi connectivity index (χ3v) is 6.70. The molecule has 3 aromatic rings. The van der Waals surface area contributed by atoms with Gasteiger partial charge in [0.25, 0.3) is 5.91 Å². The van der Waals surface area contributed by atoms with Crippen molar-refractivity contribution < 1.29 is 19.1 Å². The Kier molecular flexibility index (Phi) is 4.88. The minimum Gasteiger partial charge on any atom is -0.494 e. The van der Waals surface area contributed by atoms with Gasteiger partial charge < -0.3 is 19.9 Å². The van der Waals surface area contributed by atoms with Crippen molar-refractivity contribution in [2.45, 2.75) is 38.8 Å². The fraction of sp³-hybridized carbons (Fsp3) is 0.320. The number of nitrogens with zero attached hydrogens (tertiary/aromatic N) is 2. The zero-order valence-electron chi connectivity index (χ0n) is 18.8. The van der Waals surface area contributed by atoms with Crippen LogP contribution in [0.3, 0.4) is 0 Å². The SMILES string of the molecule is CCOc1ccc(NC(=O)[C@H](C)N2C(=O)N3CCc4c([nH]c5ccccc45)C3(C)C2=O)cc1. The van der Waals surface area contributed by atoms with E-state index in [0.29, 0.717) is 31.0 Å². The van der Waals surface area contributed by atoms with E-state index >= 15 is 0 Å². The zero-order chi connectivity index (χ0) is 23.3. The quantitative estimate of drug-likeness (QED) is 0.585. The van der Waals surface area contributed by atoms with Crippen LogP contribution in [0.2, 0.25) is 0 Å². The second-order valence-corrected chi connectivity index (χ2v) is 8.58. The van der Waals surface area contributed by atoms with E-state index in [0.717, 1.165) is 27.1 Å². The van der Waals surface area contributed by atoms with Gasteiger partial charge in [-0.15, -0.1) is 0 Å². The van der Waals surface area contributed by atoms with Gasteiger partial charge in [0, 0.05) is 23.1 Å². The number of amides is 4. The lowest BCUT2D eigenvalue weighted by Crippen LogP contribution is -2.49. The molecule has 1 aromatic heterocycles. The second-order valence-electron chi connectivity index (χ2n) is 8.58. The molecule has 3 heterocycles. The van der Waals surface area contributed by atoms with E-state index in [9.17, 15) is 14.4 Å². The molecule has 1 unspecified atom stereocenters. The molecule has 0 spiro atoms. The van der Waals surface area contributed by atoms with E-state index in [1.54, 1.807) is 43.0 Å². The van der Waals surface area contributed by atoms with Crippen molar-refractivity contribution in [3.63, 3.8) is 0 Å². The normalized spacial score (nSPS) is 20.6. The first-order chi connectivity index (χ1) is 15.9. The van der Waals surface area contributed by atoms with E-state index in [1.165, 1.54) is 0 Å². The van der Waals surface area contributed by atoms with E-state index in [4.69, 9.17) is 4.74 Å². The number of fused-ring (bicyclic) bond motifs is 5. The number of aromatic nitrogens is 1. The first-order valence-electron chi connectivity index (χ1n) is 11.1. The molecule has 8 heteroatoms. The van der Waals surface area contributed by atoms with Crippen molar-refractivity contribution in [3.05, 3.63) is 59.8 Å². The molecule has 2 N–H and O–H groups in total. The topological polar surface area (TPSA) is 94.7 Å². The van der Waals surface area contributed by atoms with Crippen molar-refractivity contribution >= 4 is 34.4 Å². The van der Waals surface area contributed by atoms with E-state index in [-0.39, 0.29) is 0 Å². The highest BCUT2D eigenvalue weighted by Crippen LogP contribution is 2.44. The van der Waals surface area contributed by atoms with Crippen molar-refractivity contribution in [2.75, 3.05) is 18.5 Å². The molecule has 0 radical (unpaired) electrons. The Morgan fingerprint density at radius 1 is 1.18 bits per heavy atom. The Balaban J connectivity index is 1.42. The lowest BCUT2D eigenvalue weighted by Gasteiger charge is -2.36. The molecule has 1 saturated heterocycles. The summed E-state index contributed by atoms with van der Waals surface area (Å²) in [6.07, 6.45) is 0.647. The lowest BCUT2D eigenvalue weighted by atomic mass is 9.87. The molecule has 2 aliphatic rings. The summed E-state index contributed by atoms with van der Waals surface area (Å²) in [6, 6.07) is 13.5. The average Bonchev–Trinajstić information content (AvgIpc) is 3.29. The number of urea groups is 1. The third kappa shape index (κ3) is 3.08. The van der Waals surface area contributed by atoms with Crippen molar-refractivity contribution in [2.24, 2.45) is 0 Å². The van der Waals surface area contributed by atoms with Gasteiger partial charge in [-0.1, -0.05) is 18.2 Å². The minimum absolute atomic E-state index is 0.394. The average molecular weight is 447 g/mol. The number of hydrogen-bond acceptors (Lipinski definition) is 4. The van der Waals surface area contributed by atoms with Gasteiger partial charge in [0.05, 0.1) is 12.3 Å². The van der Waals surface area contributed by atoms with Gasteiger partial charge in [-0.05, 0) is 63.1 Å². The molecular weight excluding hydrogens is 420 g/mol. The standard InChI is InChI=1S/C25H26N4O4/c1-4-33-17-11-9-16(10-12-17)26-22(30)15(2)29-23(31)25(3)21-19(13-14-28(25)24(29)32)18-7-5-6-8-20(18)27-21/h5-12,15,27H,4,13-14H2,1-3H3,(H,26,30)/t15-,25?/m0/s1. The Morgan fingerprint density at radius 3 is 2.64 bits per heavy atom. The van der Waals surface area contributed by atoms with Crippen LogP contribution in [0.5, 0.6) is 5.75 Å². The zero-order valence-corrected chi connectivity index (χ0v) is 18.8. The molecule has 0 saturated carbocycles. The molecule has 8 nitrogen and oxygen atoms in total. The van der Waals surface area contributed by atoms with Crippen LogP contribution in [0.4, 0.5) is 10.5 Å². The van der Waals surface area contributed by atoms with Crippen LogP contribution in [-0.4, -0.2) is 51.8 Å². The number of rotatable bonds is 5. The number of benzene rings is 2. The van der Waals surface area contributed by atoms with Crippen LogP contribution in [0.25, 0.3) is 10.9 Å². The molecule has 5 rings (SSSR count). The van der Waals surface area contributed by atoms with Gasteiger partial charge in [-0.3, -0.25) is 9.59 Å². The number of hydrogen-bond donors (Lipinski definition) is 2. The number of imide groups is 1. The number of carbonyl (C=O) groups excluding carboxylic acids is 3. The molecule has 0 aliphatic carbocycles. The molecule has 2 aromatic carbocycles. The van der Waals surface area contributed by atoms with E-state index < -0.39 is 29.4 Å². The summed E-state index contributed by atoms with van der Waals surface area (Å²) in [4.78, 5) is 46.0. The smallest absolute Gasteiger partial charge is 0.328 e. The summed E-state index contributed by atoms with van der Waals surface area (Å²) in [5, 5.41) is 3.86. The van der Waals surface area contributed by atoms with Crippen molar-refractivity contribution in [1.29, 1.82) is 0 Å². The third-order valence-electron chi connectivity index (χ3n) is 6.70. The number of aromatic amines is 1. The van der Waals surface area contributed by atoms with Gasteiger partial charge >= 0.3 is 6.03 Å². The first-order valence-corrected chi connectivity index (χ1v) is 11.1. The molecular formula is C25H26N4O4. The fourth-order valence-corrected chi connectivity index (χ4v) is 4.92. The summed E-state index contributed by atoms with van der Waals surface area (Å²) in [5.41, 5.74) is 2.12. The summed E-state index contributed by atoms with van der Waals surface area (Å²) in [7, 11) is 0. The van der Waals surface area contributed by atoms with Crippen LogP contribution in [0.1, 0.15) is 32.0 Å². The van der Waals surface area contributed by atoms with Gasteiger partial charge in [0.15, 0.2) is 5.54 Å². The maximum absolute atomic E-state index is 13.7. The summed E-state index contributed by atoms with van der Waals surface area (Å²) < 4.78 is 5.42. The maximum atomic E-state index is 13.7. The number of anilines is 1. The molecule has 1 fully saturated rings. The fourth-order valence-electron chi connectivity index (χ4n) is 4.92. The number of carbonyl (C=O) groups is 3.